The molecule has 0 spiro atoms. The van der Waals surface area contributed by atoms with Gasteiger partial charge in [-0.05, 0) is 30.5 Å². The molecule has 2 atom stereocenters. The van der Waals surface area contributed by atoms with Crippen molar-refractivity contribution in [3.05, 3.63) is 35.6 Å². The van der Waals surface area contributed by atoms with Crippen LogP contribution in [0.3, 0.4) is 0 Å². The Hall–Kier alpha value is -2.03. The van der Waals surface area contributed by atoms with Gasteiger partial charge >= 0.3 is 0 Å². The summed E-state index contributed by atoms with van der Waals surface area (Å²) in [6.45, 7) is 5.48. The molecular formula is C22H32FN5O2. The molecule has 0 bridgehead atoms. The van der Waals surface area contributed by atoms with E-state index in [4.69, 9.17) is 0 Å². The highest BCUT2D eigenvalue weighted by Crippen LogP contribution is 2.27. The molecule has 3 heterocycles. The third-order valence-electron chi connectivity index (χ3n) is 6.53. The molecule has 0 radical (unpaired) electrons. The van der Waals surface area contributed by atoms with Gasteiger partial charge in [-0.3, -0.25) is 19.9 Å². The van der Waals surface area contributed by atoms with E-state index in [1.54, 1.807) is 12.1 Å². The fourth-order valence-electron chi connectivity index (χ4n) is 4.69. The van der Waals surface area contributed by atoms with Crippen molar-refractivity contribution in [3.63, 3.8) is 0 Å². The average Bonchev–Trinajstić information content (AvgIpc) is 3.08. The number of hydrogen-bond acceptors (Lipinski definition) is 5. The number of likely N-dealkylation sites (tertiary alicyclic amines) is 1. The van der Waals surface area contributed by atoms with Crippen molar-refractivity contribution in [2.45, 2.75) is 31.7 Å². The zero-order valence-corrected chi connectivity index (χ0v) is 17.5. The first kappa shape index (κ1) is 21.2. The van der Waals surface area contributed by atoms with E-state index in [2.05, 4.69) is 15.8 Å². The van der Waals surface area contributed by atoms with E-state index in [1.165, 1.54) is 25.0 Å². The smallest absolute Gasteiger partial charge is 0.236 e. The van der Waals surface area contributed by atoms with Crippen LogP contribution in [0.25, 0.3) is 0 Å². The standard InChI is InChI=1S/C22H32FN5O2/c23-18-7-5-17(6-8-18)21-19(15-24-25-21)22(30)28-13-11-26(12-14-28)16-20(29)27-9-3-1-2-4-10-27/h5-8,19,21,24-25H,1-4,9-16H2. The topological polar surface area (TPSA) is 67.9 Å². The molecule has 3 aliphatic rings. The summed E-state index contributed by atoms with van der Waals surface area (Å²) in [5.74, 6) is -0.170. The van der Waals surface area contributed by atoms with E-state index < -0.39 is 0 Å². The highest BCUT2D eigenvalue weighted by atomic mass is 19.1. The molecular weight excluding hydrogens is 385 g/mol. The van der Waals surface area contributed by atoms with Gasteiger partial charge in [-0.25, -0.2) is 9.82 Å². The molecule has 3 saturated heterocycles. The molecule has 7 nitrogen and oxygen atoms in total. The number of halogens is 1. The van der Waals surface area contributed by atoms with E-state index in [0.717, 1.165) is 44.6 Å². The van der Waals surface area contributed by atoms with E-state index in [-0.39, 0.29) is 29.6 Å². The Morgan fingerprint density at radius 1 is 0.900 bits per heavy atom. The largest absolute Gasteiger partial charge is 0.342 e. The van der Waals surface area contributed by atoms with Crippen LogP contribution in [0.1, 0.15) is 37.3 Å². The predicted molar refractivity (Wildman–Crippen MR) is 112 cm³/mol. The molecule has 2 N–H and O–H groups in total. The van der Waals surface area contributed by atoms with Crippen molar-refractivity contribution in [1.82, 2.24) is 25.6 Å². The number of piperazine rings is 1. The SMILES string of the molecule is O=C(CN1CCN(C(=O)C2CNNC2c2ccc(F)cc2)CC1)N1CCCCCC1. The van der Waals surface area contributed by atoms with Gasteiger partial charge in [0.2, 0.25) is 11.8 Å². The van der Waals surface area contributed by atoms with Crippen LogP contribution in [0.15, 0.2) is 24.3 Å². The van der Waals surface area contributed by atoms with Crippen LogP contribution < -0.4 is 10.9 Å². The van der Waals surface area contributed by atoms with Crippen molar-refractivity contribution >= 4 is 11.8 Å². The van der Waals surface area contributed by atoms with Gasteiger partial charge < -0.3 is 9.80 Å². The van der Waals surface area contributed by atoms with Gasteiger partial charge in [0.1, 0.15) is 5.82 Å². The molecule has 164 valence electrons. The van der Waals surface area contributed by atoms with E-state index in [1.807, 2.05) is 9.80 Å². The van der Waals surface area contributed by atoms with Gasteiger partial charge in [-0.2, -0.15) is 0 Å². The van der Waals surface area contributed by atoms with E-state index >= 15 is 0 Å². The Kier molecular flexibility index (Phi) is 6.97. The van der Waals surface area contributed by atoms with E-state index in [0.29, 0.717) is 26.2 Å². The number of benzene rings is 1. The lowest BCUT2D eigenvalue weighted by Gasteiger charge is -2.37. The summed E-state index contributed by atoms with van der Waals surface area (Å²) < 4.78 is 13.2. The Morgan fingerprint density at radius 3 is 2.23 bits per heavy atom. The number of carbonyl (C=O) groups is 2. The van der Waals surface area contributed by atoms with Gasteiger partial charge in [-0.1, -0.05) is 25.0 Å². The summed E-state index contributed by atoms with van der Waals surface area (Å²) in [7, 11) is 0. The summed E-state index contributed by atoms with van der Waals surface area (Å²) in [6.07, 6.45) is 4.64. The number of hydrazine groups is 1. The fraction of sp³-hybridized carbons (Fsp3) is 0.636. The first-order valence-corrected chi connectivity index (χ1v) is 11.1. The Balaban J connectivity index is 1.28. The predicted octanol–water partition coefficient (Wildman–Crippen LogP) is 1.14. The summed E-state index contributed by atoms with van der Waals surface area (Å²) in [5, 5.41) is 0. The number of nitrogens with zero attached hydrogens (tertiary/aromatic N) is 3. The maximum Gasteiger partial charge on any atom is 0.236 e. The summed E-state index contributed by atoms with van der Waals surface area (Å²) in [6, 6.07) is 6.15. The van der Waals surface area contributed by atoms with Gasteiger partial charge in [-0.15, -0.1) is 0 Å². The Labute approximate surface area is 177 Å². The molecule has 1 aromatic rings. The second kappa shape index (κ2) is 9.85. The van der Waals surface area contributed by atoms with Crippen molar-refractivity contribution in [3.8, 4) is 0 Å². The molecule has 8 heteroatoms. The molecule has 1 aromatic carbocycles. The Morgan fingerprint density at radius 2 is 1.57 bits per heavy atom. The minimum Gasteiger partial charge on any atom is -0.342 e. The van der Waals surface area contributed by atoms with Crippen molar-refractivity contribution in [1.29, 1.82) is 0 Å². The highest BCUT2D eigenvalue weighted by molar-refractivity contribution is 5.81. The maximum absolute atomic E-state index is 13.2. The minimum absolute atomic E-state index is 0.111. The zero-order valence-electron chi connectivity index (χ0n) is 17.5. The first-order valence-electron chi connectivity index (χ1n) is 11.1. The molecule has 0 aliphatic carbocycles. The number of hydrogen-bond donors (Lipinski definition) is 2. The molecule has 2 unspecified atom stereocenters. The number of carbonyl (C=O) groups excluding carboxylic acids is 2. The first-order chi connectivity index (χ1) is 14.6. The maximum atomic E-state index is 13.2. The van der Waals surface area contributed by atoms with Gasteiger partial charge in [0, 0.05) is 45.8 Å². The van der Waals surface area contributed by atoms with Crippen molar-refractivity contribution < 1.29 is 14.0 Å². The van der Waals surface area contributed by atoms with Crippen LogP contribution in [-0.2, 0) is 9.59 Å². The second-order valence-electron chi connectivity index (χ2n) is 8.56. The molecule has 0 aromatic heterocycles. The minimum atomic E-state index is -0.279. The lowest BCUT2D eigenvalue weighted by Crippen LogP contribution is -2.53. The number of rotatable bonds is 4. The summed E-state index contributed by atoms with van der Waals surface area (Å²) in [5.41, 5.74) is 7.14. The quantitative estimate of drug-likeness (QED) is 0.769. The van der Waals surface area contributed by atoms with Crippen molar-refractivity contribution in [2.75, 3.05) is 52.4 Å². The second-order valence-corrected chi connectivity index (χ2v) is 8.56. The molecule has 4 rings (SSSR count). The number of nitrogens with one attached hydrogen (secondary N) is 2. The summed E-state index contributed by atoms with van der Waals surface area (Å²) in [4.78, 5) is 31.9. The van der Waals surface area contributed by atoms with Crippen LogP contribution in [0.5, 0.6) is 0 Å². The average molecular weight is 418 g/mol. The molecule has 3 fully saturated rings. The monoisotopic (exact) mass is 417 g/mol. The third-order valence-corrected chi connectivity index (χ3v) is 6.53. The normalized spacial score (nSPS) is 25.9. The third kappa shape index (κ3) is 4.99. The number of amides is 2. The fourth-order valence-corrected chi connectivity index (χ4v) is 4.69. The van der Waals surface area contributed by atoms with Gasteiger partial charge in [0.05, 0.1) is 18.5 Å². The molecule has 2 amide bonds. The molecule has 30 heavy (non-hydrogen) atoms. The lowest BCUT2D eigenvalue weighted by atomic mass is 9.93. The lowest BCUT2D eigenvalue weighted by molar-refractivity contribution is -0.138. The van der Waals surface area contributed by atoms with Crippen LogP contribution in [0, 0.1) is 11.7 Å². The Bertz CT molecular complexity index is 728. The van der Waals surface area contributed by atoms with Crippen LogP contribution in [0.2, 0.25) is 0 Å². The molecule has 3 aliphatic heterocycles. The van der Waals surface area contributed by atoms with Crippen LogP contribution >= 0.6 is 0 Å². The summed E-state index contributed by atoms with van der Waals surface area (Å²) >= 11 is 0. The van der Waals surface area contributed by atoms with Crippen LogP contribution in [-0.4, -0.2) is 78.9 Å². The molecule has 0 saturated carbocycles. The van der Waals surface area contributed by atoms with Crippen molar-refractivity contribution in [2.24, 2.45) is 5.92 Å². The van der Waals surface area contributed by atoms with E-state index in [9.17, 15) is 14.0 Å². The van der Waals surface area contributed by atoms with Gasteiger partial charge in [0.25, 0.3) is 0 Å². The van der Waals surface area contributed by atoms with Crippen LogP contribution in [0.4, 0.5) is 4.39 Å². The van der Waals surface area contributed by atoms with Gasteiger partial charge in [0.15, 0.2) is 0 Å². The zero-order chi connectivity index (χ0) is 20.9. The highest BCUT2D eigenvalue weighted by Gasteiger charge is 2.37.